The topological polar surface area (TPSA) is 56.8 Å². The predicted octanol–water partition coefficient (Wildman–Crippen LogP) is 3.70. The molecular weight excluding hydrogens is 353 g/mol. The van der Waals surface area contributed by atoms with Crippen LogP contribution in [0.1, 0.15) is 67.7 Å². The largest absolute Gasteiger partial charge is 0.494 e. The average Bonchev–Trinajstić information content (AvgIpc) is 2.77. The summed E-state index contributed by atoms with van der Waals surface area (Å²) in [7, 11) is -0.351. The van der Waals surface area contributed by atoms with Crippen LogP contribution in [-0.2, 0) is 14.1 Å². The summed E-state index contributed by atoms with van der Waals surface area (Å²) >= 11 is 0. The number of unbranched alkanes of at least 4 members (excludes halogenated alkanes) is 1. The van der Waals surface area contributed by atoms with Crippen LogP contribution in [-0.4, -0.2) is 37.4 Å². The standard InChI is InChI=1S/C22H36BNO4/c1-20(2,3)16-19(25)24-14-8-9-15-26-18-12-10-17(11-13-18)23-27-21(4,5)22(6,7)28-23/h10-13H,8-9,14-16H2,1-7H3,(H,24,25). The number of rotatable bonds is 8. The SMILES string of the molecule is CC(C)(C)CC(=O)NCCCCOc1ccc(B2OC(C)(C)C(C)(C)O2)cc1. The summed E-state index contributed by atoms with van der Waals surface area (Å²) in [6.07, 6.45) is 2.36. The van der Waals surface area contributed by atoms with Gasteiger partial charge in [-0.25, -0.2) is 0 Å². The molecule has 1 saturated heterocycles. The number of benzene rings is 1. The normalized spacial score (nSPS) is 18.2. The van der Waals surface area contributed by atoms with Gasteiger partial charge in [-0.15, -0.1) is 0 Å². The Hall–Kier alpha value is -1.53. The molecule has 1 heterocycles. The second-order valence-corrected chi connectivity index (χ2v) is 9.80. The number of nitrogens with one attached hydrogen (secondary N) is 1. The van der Waals surface area contributed by atoms with Crippen molar-refractivity contribution in [3.05, 3.63) is 24.3 Å². The molecule has 1 N–H and O–H groups in total. The number of carbonyl (C=O) groups is 1. The molecule has 0 radical (unpaired) electrons. The highest BCUT2D eigenvalue weighted by molar-refractivity contribution is 6.62. The summed E-state index contributed by atoms with van der Waals surface area (Å²) in [4.78, 5) is 11.8. The average molecular weight is 389 g/mol. The van der Waals surface area contributed by atoms with E-state index in [2.05, 4.69) is 53.8 Å². The minimum atomic E-state index is -0.351. The lowest BCUT2D eigenvalue weighted by atomic mass is 9.79. The summed E-state index contributed by atoms with van der Waals surface area (Å²) in [5, 5.41) is 2.97. The number of hydrogen-bond donors (Lipinski definition) is 1. The van der Waals surface area contributed by atoms with Gasteiger partial charge < -0.3 is 19.4 Å². The van der Waals surface area contributed by atoms with E-state index < -0.39 is 0 Å². The Labute approximate surface area is 170 Å². The smallest absolute Gasteiger partial charge is 0.494 e. The first-order chi connectivity index (χ1) is 12.9. The molecule has 0 aliphatic carbocycles. The maximum Gasteiger partial charge on any atom is 0.494 e. The van der Waals surface area contributed by atoms with Crippen molar-refractivity contribution in [2.45, 2.75) is 78.9 Å². The van der Waals surface area contributed by atoms with Gasteiger partial charge in [-0.3, -0.25) is 4.79 Å². The van der Waals surface area contributed by atoms with Crippen LogP contribution in [0.4, 0.5) is 0 Å². The van der Waals surface area contributed by atoms with Crippen molar-refractivity contribution in [2.75, 3.05) is 13.2 Å². The molecule has 0 saturated carbocycles. The molecule has 6 heteroatoms. The van der Waals surface area contributed by atoms with Gasteiger partial charge in [-0.05, 0) is 63.5 Å². The zero-order valence-electron chi connectivity index (χ0n) is 18.6. The molecule has 1 aromatic carbocycles. The third kappa shape index (κ3) is 6.52. The first-order valence-corrected chi connectivity index (χ1v) is 10.2. The van der Waals surface area contributed by atoms with E-state index in [1.807, 2.05) is 24.3 Å². The Morgan fingerprint density at radius 2 is 1.61 bits per heavy atom. The first-order valence-electron chi connectivity index (χ1n) is 10.2. The molecule has 1 aliphatic heterocycles. The Balaban J connectivity index is 1.68. The molecule has 1 aromatic rings. The van der Waals surface area contributed by atoms with Gasteiger partial charge in [-0.1, -0.05) is 32.9 Å². The molecule has 1 aliphatic rings. The van der Waals surface area contributed by atoms with E-state index in [9.17, 15) is 4.79 Å². The molecular formula is C22H36BNO4. The second kappa shape index (κ2) is 8.87. The van der Waals surface area contributed by atoms with Gasteiger partial charge in [0.05, 0.1) is 17.8 Å². The molecule has 0 bridgehead atoms. The third-order valence-electron chi connectivity index (χ3n) is 5.26. The zero-order valence-corrected chi connectivity index (χ0v) is 18.6. The van der Waals surface area contributed by atoms with Gasteiger partial charge in [0.1, 0.15) is 5.75 Å². The highest BCUT2D eigenvalue weighted by atomic mass is 16.7. The van der Waals surface area contributed by atoms with E-state index in [-0.39, 0.29) is 29.6 Å². The molecule has 2 rings (SSSR count). The van der Waals surface area contributed by atoms with Crippen LogP contribution in [0.15, 0.2) is 24.3 Å². The van der Waals surface area contributed by atoms with Crippen LogP contribution >= 0.6 is 0 Å². The van der Waals surface area contributed by atoms with Gasteiger partial charge in [-0.2, -0.15) is 0 Å². The highest BCUT2D eigenvalue weighted by Crippen LogP contribution is 2.36. The van der Waals surface area contributed by atoms with Crippen molar-refractivity contribution < 1.29 is 18.8 Å². The second-order valence-electron chi connectivity index (χ2n) is 9.80. The summed E-state index contributed by atoms with van der Waals surface area (Å²) in [5.41, 5.74) is 0.344. The molecule has 28 heavy (non-hydrogen) atoms. The van der Waals surface area contributed by atoms with Crippen molar-refractivity contribution in [1.29, 1.82) is 0 Å². The minimum Gasteiger partial charge on any atom is -0.494 e. The van der Waals surface area contributed by atoms with Crippen molar-refractivity contribution in [3.63, 3.8) is 0 Å². The maximum atomic E-state index is 11.8. The zero-order chi connectivity index (χ0) is 21.0. The quantitative estimate of drug-likeness (QED) is 0.544. The maximum absolute atomic E-state index is 11.8. The van der Waals surface area contributed by atoms with Gasteiger partial charge in [0.25, 0.3) is 0 Å². The Morgan fingerprint density at radius 3 is 2.14 bits per heavy atom. The summed E-state index contributed by atoms with van der Waals surface area (Å²) in [5.74, 6) is 0.948. The molecule has 0 spiro atoms. The van der Waals surface area contributed by atoms with Crippen molar-refractivity contribution in [1.82, 2.24) is 5.32 Å². The lowest BCUT2D eigenvalue weighted by molar-refractivity contribution is -0.122. The number of amides is 1. The van der Waals surface area contributed by atoms with Crippen molar-refractivity contribution in [3.8, 4) is 5.75 Å². The van der Waals surface area contributed by atoms with E-state index in [0.717, 1.165) is 24.1 Å². The van der Waals surface area contributed by atoms with Crippen LogP contribution < -0.4 is 15.5 Å². The monoisotopic (exact) mass is 389 g/mol. The van der Waals surface area contributed by atoms with E-state index in [4.69, 9.17) is 14.0 Å². The molecule has 5 nitrogen and oxygen atoms in total. The molecule has 156 valence electrons. The van der Waals surface area contributed by atoms with E-state index in [1.165, 1.54) is 0 Å². The van der Waals surface area contributed by atoms with E-state index in [1.54, 1.807) is 0 Å². The van der Waals surface area contributed by atoms with Crippen LogP contribution in [0.5, 0.6) is 5.75 Å². The first kappa shape index (κ1) is 22.8. The molecule has 0 unspecified atom stereocenters. The molecule has 0 aromatic heterocycles. The van der Waals surface area contributed by atoms with Crippen LogP contribution in [0.25, 0.3) is 0 Å². The summed E-state index contributed by atoms with van der Waals surface area (Å²) < 4.78 is 17.9. The van der Waals surface area contributed by atoms with E-state index in [0.29, 0.717) is 19.6 Å². The van der Waals surface area contributed by atoms with Gasteiger partial charge in [0.15, 0.2) is 0 Å². The van der Waals surface area contributed by atoms with Crippen LogP contribution in [0.3, 0.4) is 0 Å². The van der Waals surface area contributed by atoms with Gasteiger partial charge >= 0.3 is 7.12 Å². The molecule has 1 fully saturated rings. The Morgan fingerprint density at radius 1 is 1.04 bits per heavy atom. The minimum absolute atomic E-state index is 0.0272. The predicted molar refractivity (Wildman–Crippen MR) is 114 cm³/mol. The highest BCUT2D eigenvalue weighted by Gasteiger charge is 2.51. The van der Waals surface area contributed by atoms with Gasteiger partial charge in [0.2, 0.25) is 5.91 Å². The number of ether oxygens (including phenoxy) is 1. The number of carbonyl (C=O) groups excluding carboxylic acids is 1. The summed E-state index contributed by atoms with van der Waals surface area (Å²) in [6, 6.07) is 7.88. The fourth-order valence-corrected chi connectivity index (χ4v) is 2.89. The van der Waals surface area contributed by atoms with E-state index >= 15 is 0 Å². The summed E-state index contributed by atoms with van der Waals surface area (Å²) in [6.45, 7) is 15.7. The lowest BCUT2D eigenvalue weighted by Gasteiger charge is -2.32. The number of hydrogen-bond acceptors (Lipinski definition) is 4. The lowest BCUT2D eigenvalue weighted by Crippen LogP contribution is -2.41. The Kier molecular flexibility index (Phi) is 7.21. The van der Waals surface area contributed by atoms with Crippen LogP contribution in [0.2, 0.25) is 0 Å². The van der Waals surface area contributed by atoms with Crippen molar-refractivity contribution >= 4 is 18.5 Å². The van der Waals surface area contributed by atoms with Gasteiger partial charge in [0, 0.05) is 13.0 Å². The Bertz CT molecular complexity index is 633. The third-order valence-corrected chi connectivity index (χ3v) is 5.26. The van der Waals surface area contributed by atoms with Crippen LogP contribution in [0, 0.1) is 5.41 Å². The fraction of sp³-hybridized carbons (Fsp3) is 0.682. The fourth-order valence-electron chi connectivity index (χ4n) is 2.89. The van der Waals surface area contributed by atoms with Crippen molar-refractivity contribution in [2.24, 2.45) is 5.41 Å². The molecule has 1 amide bonds. The molecule has 0 atom stereocenters.